The van der Waals surface area contributed by atoms with Gasteiger partial charge in [-0.1, -0.05) is 52.8 Å². The smallest absolute Gasteiger partial charge is 0.422 e. The van der Waals surface area contributed by atoms with Crippen LogP contribution in [0, 0.1) is 5.92 Å². The van der Waals surface area contributed by atoms with Gasteiger partial charge in [-0.3, -0.25) is 9.69 Å². The van der Waals surface area contributed by atoms with Crippen molar-refractivity contribution in [2.45, 2.75) is 19.3 Å². The Hall–Kier alpha value is -4.12. The Morgan fingerprint density at radius 2 is 1.76 bits per heavy atom. The molecule has 0 unspecified atom stereocenters. The number of anilines is 1. The van der Waals surface area contributed by atoms with Crippen LogP contribution in [0.1, 0.15) is 16.7 Å². The standard InChI is InChI=1S/C26H21F3N4O4/c1-32-13-18-22(17-8-7-14(9-19(17)32)10-33-11-16(12-33)25(34)35)31-36-23(18)24-20(26(27,28)29)21(30-37-24)15-5-3-2-4-6-15/h2-9,16H,10-13H2,1H3,(H,34,35). The number of fused-ring (bicyclic) bond motifs is 3. The lowest BCUT2D eigenvalue weighted by Crippen LogP contribution is -2.49. The summed E-state index contributed by atoms with van der Waals surface area (Å²) < 4.78 is 53.4. The molecule has 0 bridgehead atoms. The number of carboxylic acids is 1. The fraction of sp³-hybridized carbons (Fsp3) is 0.269. The van der Waals surface area contributed by atoms with Crippen molar-refractivity contribution in [2.75, 3.05) is 25.0 Å². The summed E-state index contributed by atoms with van der Waals surface area (Å²) in [5, 5.41) is 17.0. The van der Waals surface area contributed by atoms with Crippen molar-refractivity contribution in [3.63, 3.8) is 0 Å². The van der Waals surface area contributed by atoms with Crippen LogP contribution in [0.5, 0.6) is 0 Å². The number of likely N-dealkylation sites (tertiary alicyclic amines) is 1. The first-order valence-electron chi connectivity index (χ1n) is 11.6. The van der Waals surface area contributed by atoms with Crippen LogP contribution in [0.15, 0.2) is 57.6 Å². The molecule has 190 valence electrons. The minimum Gasteiger partial charge on any atom is -0.481 e. The Labute approximate surface area is 208 Å². The van der Waals surface area contributed by atoms with E-state index >= 15 is 0 Å². The van der Waals surface area contributed by atoms with E-state index in [1.807, 2.05) is 30.1 Å². The first kappa shape index (κ1) is 23.3. The number of aliphatic carboxylic acids is 1. The molecule has 11 heteroatoms. The molecule has 1 fully saturated rings. The fourth-order valence-electron chi connectivity index (χ4n) is 4.97. The molecule has 0 saturated carbocycles. The number of carboxylic acid groups (broad SMARTS) is 1. The van der Waals surface area contributed by atoms with Gasteiger partial charge in [-0.2, -0.15) is 13.2 Å². The number of nitrogens with zero attached hydrogens (tertiary/aromatic N) is 4. The summed E-state index contributed by atoms with van der Waals surface area (Å²) in [6.45, 7) is 1.87. The van der Waals surface area contributed by atoms with Gasteiger partial charge in [-0.05, 0) is 11.6 Å². The Balaban J connectivity index is 1.36. The molecule has 1 N–H and O–H groups in total. The zero-order valence-electron chi connectivity index (χ0n) is 19.6. The lowest BCUT2D eigenvalue weighted by atomic mass is 9.94. The number of aromatic nitrogens is 2. The molecule has 2 aliphatic rings. The van der Waals surface area contributed by atoms with E-state index in [0.29, 0.717) is 30.9 Å². The average molecular weight is 510 g/mol. The highest BCUT2D eigenvalue weighted by atomic mass is 19.4. The highest BCUT2D eigenvalue weighted by molar-refractivity contribution is 5.85. The molecule has 1 saturated heterocycles. The SMILES string of the molecule is CN1Cc2c(noc2-c2onc(-c3ccccc3)c2C(F)(F)F)-c2ccc(CN3CC(C(=O)O)C3)cc21. The summed E-state index contributed by atoms with van der Waals surface area (Å²) in [4.78, 5) is 15.0. The molecular weight excluding hydrogens is 489 g/mol. The lowest BCUT2D eigenvalue weighted by molar-refractivity contribution is -0.147. The van der Waals surface area contributed by atoms with E-state index in [1.165, 1.54) is 12.1 Å². The van der Waals surface area contributed by atoms with E-state index in [1.54, 1.807) is 18.2 Å². The van der Waals surface area contributed by atoms with E-state index in [0.717, 1.165) is 16.8 Å². The molecule has 4 aromatic rings. The van der Waals surface area contributed by atoms with Gasteiger partial charge in [0.1, 0.15) is 17.0 Å². The van der Waals surface area contributed by atoms with Crippen LogP contribution in [-0.4, -0.2) is 46.4 Å². The van der Waals surface area contributed by atoms with Crippen LogP contribution in [0.25, 0.3) is 34.0 Å². The number of benzene rings is 2. The van der Waals surface area contributed by atoms with Gasteiger partial charge in [0.05, 0.1) is 11.5 Å². The van der Waals surface area contributed by atoms with E-state index in [-0.39, 0.29) is 29.5 Å². The van der Waals surface area contributed by atoms with E-state index < -0.39 is 23.5 Å². The number of carbonyl (C=O) groups is 1. The number of halogens is 3. The summed E-state index contributed by atoms with van der Waals surface area (Å²) in [5.41, 5.74) is 2.50. The van der Waals surface area contributed by atoms with Gasteiger partial charge in [0, 0.05) is 50.0 Å². The molecule has 0 spiro atoms. The minimum atomic E-state index is -4.73. The molecular formula is C26H21F3N4O4. The van der Waals surface area contributed by atoms with Crippen LogP contribution in [0.4, 0.5) is 18.9 Å². The average Bonchev–Trinajstić information content (AvgIpc) is 3.46. The van der Waals surface area contributed by atoms with Gasteiger partial charge in [0.25, 0.3) is 0 Å². The second kappa shape index (κ2) is 8.48. The number of rotatable bonds is 5. The normalized spacial score (nSPS) is 15.8. The zero-order chi connectivity index (χ0) is 25.9. The number of hydrogen-bond acceptors (Lipinski definition) is 7. The van der Waals surface area contributed by atoms with Gasteiger partial charge >= 0.3 is 12.1 Å². The molecule has 0 aliphatic carbocycles. The molecule has 2 aliphatic heterocycles. The van der Waals surface area contributed by atoms with E-state index in [4.69, 9.17) is 14.2 Å². The lowest BCUT2D eigenvalue weighted by Gasteiger charge is -2.37. The Kier molecular flexibility index (Phi) is 5.34. The summed E-state index contributed by atoms with van der Waals surface area (Å²) in [6.07, 6.45) is -4.73. The van der Waals surface area contributed by atoms with Crippen molar-refractivity contribution in [3.05, 3.63) is 65.2 Å². The fourth-order valence-corrected chi connectivity index (χ4v) is 4.97. The van der Waals surface area contributed by atoms with Crippen molar-refractivity contribution in [2.24, 2.45) is 5.92 Å². The first-order valence-corrected chi connectivity index (χ1v) is 11.6. The second-order valence-electron chi connectivity index (χ2n) is 9.37. The topological polar surface area (TPSA) is 95.8 Å². The predicted molar refractivity (Wildman–Crippen MR) is 126 cm³/mol. The van der Waals surface area contributed by atoms with Gasteiger partial charge in [-0.15, -0.1) is 0 Å². The van der Waals surface area contributed by atoms with Crippen LogP contribution in [0.3, 0.4) is 0 Å². The van der Waals surface area contributed by atoms with Gasteiger partial charge in [0.2, 0.25) is 11.5 Å². The van der Waals surface area contributed by atoms with E-state index in [2.05, 4.69) is 15.2 Å². The molecule has 2 aromatic carbocycles. The number of hydrogen-bond donors (Lipinski definition) is 1. The summed E-state index contributed by atoms with van der Waals surface area (Å²) in [6, 6.07) is 13.8. The van der Waals surface area contributed by atoms with Crippen molar-refractivity contribution in [3.8, 4) is 34.0 Å². The summed E-state index contributed by atoms with van der Waals surface area (Å²) in [7, 11) is 1.84. The van der Waals surface area contributed by atoms with Crippen LogP contribution < -0.4 is 4.90 Å². The van der Waals surface area contributed by atoms with Crippen molar-refractivity contribution in [1.29, 1.82) is 0 Å². The minimum absolute atomic E-state index is 0.0983. The number of alkyl halides is 3. The quantitative estimate of drug-likeness (QED) is 0.394. The largest absolute Gasteiger partial charge is 0.481 e. The summed E-state index contributed by atoms with van der Waals surface area (Å²) in [5.74, 6) is -1.72. The molecule has 0 amide bonds. The third-order valence-corrected chi connectivity index (χ3v) is 6.85. The Bertz CT molecular complexity index is 1490. The van der Waals surface area contributed by atoms with Crippen LogP contribution in [-0.2, 0) is 24.1 Å². The van der Waals surface area contributed by atoms with Crippen molar-refractivity contribution >= 4 is 11.7 Å². The predicted octanol–water partition coefficient (Wildman–Crippen LogP) is 5.15. The highest BCUT2D eigenvalue weighted by Gasteiger charge is 2.44. The van der Waals surface area contributed by atoms with Gasteiger partial charge in [-0.25, -0.2) is 0 Å². The maximum absolute atomic E-state index is 14.2. The zero-order valence-corrected chi connectivity index (χ0v) is 19.6. The van der Waals surface area contributed by atoms with Crippen molar-refractivity contribution in [1.82, 2.24) is 15.2 Å². The molecule has 37 heavy (non-hydrogen) atoms. The maximum Gasteiger partial charge on any atom is 0.422 e. The Morgan fingerprint density at radius 3 is 2.46 bits per heavy atom. The molecule has 6 rings (SSSR count). The van der Waals surface area contributed by atoms with Gasteiger partial charge < -0.3 is 19.1 Å². The van der Waals surface area contributed by atoms with Crippen LogP contribution in [0.2, 0.25) is 0 Å². The maximum atomic E-state index is 14.2. The monoisotopic (exact) mass is 510 g/mol. The molecule has 0 atom stereocenters. The molecule has 4 heterocycles. The van der Waals surface area contributed by atoms with Crippen molar-refractivity contribution < 1.29 is 32.1 Å². The van der Waals surface area contributed by atoms with Gasteiger partial charge in [0.15, 0.2) is 0 Å². The molecule has 0 radical (unpaired) electrons. The third kappa shape index (κ3) is 3.95. The van der Waals surface area contributed by atoms with E-state index in [9.17, 15) is 18.0 Å². The first-order chi connectivity index (χ1) is 17.7. The van der Waals surface area contributed by atoms with Crippen LogP contribution >= 0.6 is 0 Å². The third-order valence-electron chi connectivity index (χ3n) is 6.85. The summed E-state index contributed by atoms with van der Waals surface area (Å²) >= 11 is 0. The Morgan fingerprint density at radius 1 is 1.05 bits per heavy atom. The molecule has 8 nitrogen and oxygen atoms in total. The second-order valence-corrected chi connectivity index (χ2v) is 9.37. The molecule has 2 aromatic heterocycles. The highest BCUT2D eigenvalue weighted by Crippen LogP contribution is 2.47.